The van der Waals surface area contributed by atoms with Gasteiger partial charge in [-0.05, 0) is 79.5 Å². The van der Waals surface area contributed by atoms with Gasteiger partial charge in [0, 0.05) is 18.8 Å². The van der Waals surface area contributed by atoms with E-state index in [1.54, 1.807) is 17.4 Å². The van der Waals surface area contributed by atoms with Gasteiger partial charge in [0.05, 0.1) is 6.54 Å². The van der Waals surface area contributed by atoms with Crippen LogP contribution in [0, 0.1) is 13.8 Å². The highest BCUT2D eigenvalue weighted by Gasteiger charge is 2.14. The van der Waals surface area contributed by atoms with Gasteiger partial charge in [0.2, 0.25) is 0 Å². The number of hydrogen-bond donors (Lipinski definition) is 2. The summed E-state index contributed by atoms with van der Waals surface area (Å²) < 4.78 is 5.98. The smallest absolute Gasteiger partial charge is 0.261 e. The molecule has 164 valence electrons. The molecule has 0 spiro atoms. The lowest BCUT2D eigenvalue weighted by Gasteiger charge is -2.18. The number of carbonyl (C=O) groups is 1. The zero-order valence-electron chi connectivity index (χ0n) is 18.4. The number of thiophene rings is 1. The van der Waals surface area contributed by atoms with Crippen molar-refractivity contribution in [3.05, 3.63) is 85.5 Å². The summed E-state index contributed by atoms with van der Waals surface area (Å²) in [5.74, 6) is 0.357. The molecule has 0 saturated heterocycles. The van der Waals surface area contributed by atoms with Crippen LogP contribution >= 0.6 is 11.3 Å². The second-order valence-electron chi connectivity index (χ2n) is 7.91. The predicted molar refractivity (Wildman–Crippen MR) is 125 cm³/mol. The summed E-state index contributed by atoms with van der Waals surface area (Å²) in [4.78, 5) is 29.4. The number of aromatic amines is 1. The standard InChI is InChI=1S/C24H29N3O3S/c1-16-10-22(24(29)26-18(16)3)23(28)25-12-17(2)30-21-7-5-6-19(11-21)13-27(4)14-20-8-9-31-15-20/h5-11,15,17H,12-14H2,1-4H3,(H,25,28)(H,26,29). The number of aromatic nitrogens is 1. The molecule has 1 amide bonds. The number of carbonyl (C=O) groups excluding carboxylic acids is 1. The van der Waals surface area contributed by atoms with Crippen LogP contribution in [-0.4, -0.2) is 35.5 Å². The lowest BCUT2D eigenvalue weighted by molar-refractivity contribution is 0.0930. The van der Waals surface area contributed by atoms with Gasteiger partial charge in [-0.15, -0.1) is 0 Å². The number of nitrogens with zero attached hydrogens (tertiary/aromatic N) is 1. The van der Waals surface area contributed by atoms with Gasteiger partial charge < -0.3 is 15.0 Å². The Morgan fingerprint density at radius 2 is 1.97 bits per heavy atom. The van der Waals surface area contributed by atoms with Crippen LogP contribution in [0.15, 0.2) is 52.0 Å². The van der Waals surface area contributed by atoms with Crippen LogP contribution in [0.5, 0.6) is 5.75 Å². The number of nitrogens with one attached hydrogen (secondary N) is 2. The Bertz CT molecular complexity index is 1080. The Hall–Kier alpha value is -2.90. The lowest BCUT2D eigenvalue weighted by Crippen LogP contribution is -2.36. The van der Waals surface area contributed by atoms with Crippen molar-refractivity contribution in [3.8, 4) is 5.75 Å². The molecule has 0 saturated carbocycles. The molecule has 0 bridgehead atoms. The molecule has 3 rings (SSSR count). The minimum atomic E-state index is -0.399. The van der Waals surface area contributed by atoms with Crippen LogP contribution in [0.4, 0.5) is 0 Å². The number of hydrogen-bond acceptors (Lipinski definition) is 5. The molecule has 0 aliphatic heterocycles. The van der Waals surface area contributed by atoms with E-state index in [0.717, 1.165) is 35.7 Å². The Morgan fingerprint density at radius 3 is 2.71 bits per heavy atom. The fraction of sp³-hybridized carbons (Fsp3) is 0.333. The maximum absolute atomic E-state index is 12.4. The minimum absolute atomic E-state index is 0.117. The first-order valence-electron chi connectivity index (χ1n) is 10.3. The molecule has 0 aliphatic rings. The Kier molecular flexibility index (Phi) is 7.65. The number of aryl methyl sites for hydroxylation is 2. The van der Waals surface area contributed by atoms with E-state index in [9.17, 15) is 9.59 Å². The summed E-state index contributed by atoms with van der Waals surface area (Å²) in [6.45, 7) is 7.57. The Labute approximate surface area is 186 Å². The van der Waals surface area contributed by atoms with Crippen molar-refractivity contribution in [1.29, 1.82) is 0 Å². The minimum Gasteiger partial charge on any atom is -0.489 e. The van der Waals surface area contributed by atoms with Crippen LogP contribution in [0.1, 0.15) is 39.7 Å². The largest absolute Gasteiger partial charge is 0.489 e. The summed E-state index contributed by atoms with van der Waals surface area (Å²) >= 11 is 1.71. The van der Waals surface area contributed by atoms with Crippen molar-refractivity contribution in [2.24, 2.45) is 0 Å². The van der Waals surface area contributed by atoms with E-state index in [0.29, 0.717) is 6.54 Å². The van der Waals surface area contributed by atoms with Crippen LogP contribution in [0.25, 0.3) is 0 Å². The van der Waals surface area contributed by atoms with E-state index in [-0.39, 0.29) is 17.2 Å². The average molecular weight is 440 g/mol. The van der Waals surface area contributed by atoms with Gasteiger partial charge in [-0.2, -0.15) is 11.3 Å². The summed E-state index contributed by atoms with van der Waals surface area (Å²) in [7, 11) is 2.10. The topological polar surface area (TPSA) is 74.4 Å². The zero-order chi connectivity index (χ0) is 22.4. The monoisotopic (exact) mass is 439 g/mol. The average Bonchev–Trinajstić information content (AvgIpc) is 3.22. The molecule has 3 aromatic rings. The molecule has 1 atom stereocenters. The number of H-pyrrole nitrogens is 1. The van der Waals surface area contributed by atoms with Crippen molar-refractivity contribution in [2.75, 3.05) is 13.6 Å². The van der Waals surface area contributed by atoms with Gasteiger partial charge in [-0.1, -0.05) is 12.1 Å². The van der Waals surface area contributed by atoms with E-state index < -0.39 is 5.91 Å². The highest BCUT2D eigenvalue weighted by Crippen LogP contribution is 2.17. The number of rotatable bonds is 9. The highest BCUT2D eigenvalue weighted by molar-refractivity contribution is 7.07. The van der Waals surface area contributed by atoms with E-state index >= 15 is 0 Å². The van der Waals surface area contributed by atoms with Crippen molar-refractivity contribution in [1.82, 2.24) is 15.2 Å². The molecule has 2 heterocycles. The van der Waals surface area contributed by atoms with Crippen LogP contribution in [-0.2, 0) is 13.1 Å². The molecule has 0 aliphatic carbocycles. The van der Waals surface area contributed by atoms with Gasteiger partial charge in [-0.3, -0.25) is 14.5 Å². The van der Waals surface area contributed by atoms with Crippen molar-refractivity contribution < 1.29 is 9.53 Å². The predicted octanol–water partition coefficient (Wildman–Crippen LogP) is 3.88. The third-order valence-corrected chi connectivity index (χ3v) is 5.75. The third kappa shape index (κ3) is 6.54. The first kappa shape index (κ1) is 22.8. The zero-order valence-corrected chi connectivity index (χ0v) is 19.2. The molecule has 1 unspecified atom stereocenters. The Morgan fingerprint density at radius 1 is 1.19 bits per heavy atom. The molecule has 2 N–H and O–H groups in total. The molecular weight excluding hydrogens is 410 g/mol. The first-order valence-corrected chi connectivity index (χ1v) is 11.2. The molecule has 31 heavy (non-hydrogen) atoms. The number of amides is 1. The number of ether oxygens (including phenoxy) is 1. The first-order chi connectivity index (χ1) is 14.8. The van der Waals surface area contributed by atoms with Gasteiger partial charge in [-0.25, -0.2) is 0 Å². The van der Waals surface area contributed by atoms with Crippen LogP contribution < -0.4 is 15.6 Å². The van der Waals surface area contributed by atoms with Crippen molar-refractivity contribution in [3.63, 3.8) is 0 Å². The summed E-state index contributed by atoms with van der Waals surface area (Å²) in [6.07, 6.45) is -0.242. The maximum Gasteiger partial charge on any atom is 0.261 e. The van der Waals surface area contributed by atoms with Gasteiger partial charge in [0.15, 0.2) is 0 Å². The van der Waals surface area contributed by atoms with Gasteiger partial charge in [0.25, 0.3) is 11.5 Å². The van der Waals surface area contributed by atoms with Gasteiger partial charge >= 0.3 is 0 Å². The molecule has 0 radical (unpaired) electrons. The van der Waals surface area contributed by atoms with Crippen molar-refractivity contribution >= 4 is 17.2 Å². The summed E-state index contributed by atoms with van der Waals surface area (Å²) in [5.41, 5.74) is 3.84. The quantitative estimate of drug-likeness (QED) is 0.531. The summed E-state index contributed by atoms with van der Waals surface area (Å²) in [5, 5.41) is 7.04. The molecule has 6 nitrogen and oxygen atoms in total. The molecule has 2 aromatic heterocycles. The van der Waals surface area contributed by atoms with Crippen LogP contribution in [0.3, 0.4) is 0 Å². The Balaban J connectivity index is 1.53. The lowest BCUT2D eigenvalue weighted by atomic mass is 10.1. The van der Waals surface area contributed by atoms with E-state index in [1.165, 1.54) is 5.56 Å². The second-order valence-corrected chi connectivity index (χ2v) is 8.69. The highest BCUT2D eigenvalue weighted by atomic mass is 32.1. The van der Waals surface area contributed by atoms with Crippen LogP contribution in [0.2, 0.25) is 0 Å². The van der Waals surface area contributed by atoms with E-state index in [4.69, 9.17) is 4.74 Å². The summed E-state index contributed by atoms with van der Waals surface area (Å²) in [6, 6.07) is 11.7. The fourth-order valence-corrected chi connectivity index (χ4v) is 3.94. The molecule has 7 heteroatoms. The molecule has 1 aromatic carbocycles. The second kappa shape index (κ2) is 10.4. The van der Waals surface area contributed by atoms with E-state index in [1.807, 2.05) is 39.0 Å². The van der Waals surface area contributed by atoms with E-state index in [2.05, 4.69) is 45.1 Å². The number of benzene rings is 1. The third-order valence-electron chi connectivity index (χ3n) is 5.01. The normalized spacial score (nSPS) is 12.0. The SMILES string of the molecule is Cc1cc(C(=O)NCC(C)Oc2cccc(CN(C)Cc3ccsc3)c2)c(=O)[nH]c1C. The van der Waals surface area contributed by atoms with Gasteiger partial charge in [0.1, 0.15) is 17.4 Å². The number of pyridine rings is 1. The van der Waals surface area contributed by atoms with Crippen molar-refractivity contribution in [2.45, 2.75) is 40.0 Å². The fourth-order valence-electron chi connectivity index (χ4n) is 3.28. The molecule has 0 fully saturated rings. The molecular formula is C24H29N3O3S. The maximum atomic E-state index is 12.4.